The molecule has 0 radical (unpaired) electrons. The first kappa shape index (κ1) is 22.4. The lowest BCUT2D eigenvalue weighted by atomic mass is 10.2. The number of ether oxygens (including phenoxy) is 1. The summed E-state index contributed by atoms with van der Waals surface area (Å²) in [6, 6.07) is 4.81. The second kappa shape index (κ2) is 9.25. The SMILES string of the molecule is Cc1ccc(NC(=S)Nc2cnn(Cc3c(F)cc(F)c(F)c3F)c2)c(OC(F)F)c1. The molecule has 0 saturated carbocycles. The minimum Gasteiger partial charge on any atom is -0.433 e. The lowest BCUT2D eigenvalue weighted by molar-refractivity contribution is -0.0493. The highest BCUT2D eigenvalue weighted by molar-refractivity contribution is 7.80. The van der Waals surface area contributed by atoms with Gasteiger partial charge in [-0.15, -0.1) is 0 Å². The minimum absolute atomic E-state index is 0.00675. The molecule has 164 valence electrons. The number of anilines is 2. The summed E-state index contributed by atoms with van der Waals surface area (Å²) in [7, 11) is 0. The Hall–Kier alpha value is -3.28. The molecule has 0 saturated heterocycles. The molecule has 0 spiro atoms. The van der Waals surface area contributed by atoms with Crippen LogP contribution in [0.2, 0.25) is 0 Å². The first-order chi connectivity index (χ1) is 14.6. The fourth-order valence-corrected chi connectivity index (χ4v) is 2.86. The highest BCUT2D eigenvalue weighted by atomic mass is 32.1. The van der Waals surface area contributed by atoms with Crippen molar-refractivity contribution < 1.29 is 31.1 Å². The van der Waals surface area contributed by atoms with Crippen LogP contribution < -0.4 is 15.4 Å². The molecule has 0 aliphatic carbocycles. The van der Waals surface area contributed by atoms with E-state index < -0.39 is 42.0 Å². The smallest absolute Gasteiger partial charge is 0.387 e. The van der Waals surface area contributed by atoms with Crippen LogP contribution in [0.5, 0.6) is 5.75 Å². The topological polar surface area (TPSA) is 51.1 Å². The van der Waals surface area contributed by atoms with Crippen LogP contribution >= 0.6 is 12.2 Å². The zero-order valence-corrected chi connectivity index (χ0v) is 16.5. The van der Waals surface area contributed by atoms with Gasteiger partial charge in [-0.3, -0.25) is 4.68 Å². The summed E-state index contributed by atoms with van der Waals surface area (Å²) in [6.45, 7) is -1.84. The first-order valence-electron chi connectivity index (χ1n) is 8.62. The maximum absolute atomic E-state index is 13.8. The van der Waals surface area contributed by atoms with Gasteiger partial charge in [-0.05, 0) is 36.8 Å². The Morgan fingerprint density at radius 2 is 1.84 bits per heavy atom. The summed E-state index contributed by atoms with van der Waals surface area (Å²) < 4.78 is 84.7. The van der Waals surface area contributed by atoms with Crippen LogP contribution in [0.1, 0.15) is 11.1 Å². The third-order valence-corrected chi connectivity index (χ3v) is 4.23. The summed E-state index contributed by atoms with van der Waals surface area (Å²) in [6.07, 6.45) is 2.56. The van der Waals surface area contributed by atoms with Crippen molar-refractivity contribution in [2.75, 3.05) is 10.6 Å². The van der Waals surface area contributed by atoms with Gasteiger partial charge in [0.15, 0.2) is 22.6 Å². The number of hydrogen-bond acceptors (Lipinski definition) is 3. The quantitative estimate of drug-likeness (QED) is 0.229. The van der Waals surface area contributed by atoms with Gasteiger partial charge in [0.2, 0.25) is 0 Å². The van der Waals surface area contributed by atoms with E-state index in [0.717, 1.165) is 4.68 Å². The Morgan fingerprint density at radius 1 is 1.10 bits per heavy atom. The molecule has 2 aromatic carbocycles. The summed E-state index contributed by atoms with van der Waals surface area (Å²) in [5.74, 6) is -6.44. The molecule has 0 fully saturated rings. The number of aryl methyl sites for hydroxylation is 1. The highest BCUT2D eigenvalue weighted by Crippen LogP contribution is 2.27. The van der Waals surface area contributed by atoms with Gasteiger partial charge in [0, 0.05) is 17.8 Å². The Morgan fingerprint density at radius 3 is 2.55 bits per heavy atom. The van der Waals surface area contributed by atoms with Gasteiger partial charge in [0.25, 0.3) is 0 Å². The molecule has 3 rings (SSSR count). The van der Waals surface area contributed by atoms with Crippen molar-refractivity contribution in [3.8, 4) is 5.75 Å². The van der Waals surface area contributed by atoms with Crippen LogP contribution in [0.15, 0.2) is 36.7 Å². The van der Waals surface area contributed by atoms with Crippen LogP contribution in [-0.2, 0) is 6.54 Å². The molecule has 0 aliphatic rings. The molecular weight excluding hydrogens is 446 g/mol. The van der Waals surface area contributed by atoms with Gasteiger partial charge in [-0.1, -0.05) is 6.07 Å². The Kier molecular flexibility index (Phi) is 6.68. The van der Waals surface area contributed by atoms with Gasteiger partial charge in [-0.25, -0.2) is 17.6 Å². The number of aromatic nitrogens is 2. The normalized spacial score (nSPS) is 11.0. The largest absolute Gasteiger partial charge is 0.433 e. The van der Waals surface area contributed by atoms with E-state index in [2.05, 4.69) is 20.5 Å². The molecular formula is C19H14F6N4OS. The van der Waals surface area contributed by atoms with Gasteiger partial charge in [0.1, 0.15) is 11.6 Å². The van der Waals surface area contributed by atoms with Crippen LogP contribution in [0.25, 0.3) is 0 Å². The van der Waals surface area contributed by atoms with Gasteiger partial charge >= 0.3 is 6.61 Å². The number of alkyl halides is 2. The van der Waals surface area contributed by atoms with E-state index in [0.29, 0.717) is 5.56 Å². The Labute approximate surface area is 177 Å². The maximum atomic E-state index is 13.8. The molecule has 12 heteroatoms. The van der Waals surface area contributed by atoms with Crippen LogP contribution in [0, 0.1) is 30.2 Å². The van der Waals surface area contributed by atoms with Gasteiger partial charge in [0.05, 0.1) is 24.1 Å². The number of hydrogen-bond donors (Lipinski definition) is 2. The van der Waals surface area contributed by atoms with E-state index in [4.69, 9.17) is 12.2 Å². The standard InChI is InChI=1S/C19H14F6N4OS/c1-9-2-3-14(15(4-9)30-18(24)25)28-19(31)27-10-6-26-29(7-10)8-11-12(20)5-13(21)17(23)16(11)22/h2-7,18H,8H2,1H3,(H2,27,28,31). The first-order valence-corrected chi connectivity index (χ1v) is 9.02. The van der Waals surface area contributed by atoms with Gasteiger partial charge in [-0.2, -0.15) is 13.9 Å². The van der Waals surface area contributed by atoms with Crippen molar-refractivity contribution >= 4 is 28.7 Å². The number of thiocarbonyl (C=S) groups is 1. The van der Waals surface area contributed by atoms with Crippen molar-refractivity contribution in [3.05, 3.63) is 71.1 Å². The Balaban J connectivity index is 1.70. The van der Waals surface area contributed by atoms with Crippen molar-refractivity contribution in [1.29, 1.82) is 0 Å². The maximum Gasteiger partial charge on any atom is 0.387 e. The van der Waals surface area contributed by atoms with Crippen molar-refractivity contribution in [2.24, 2.45) is 0 Å². The average Bonchev–Trinajstić information content (AvgIpc) is 3.12. The summed E-state index contributed by atoms with van der Waals surface area (Å²) >= 11 is 5.12. The molecule has 0 amide bonds. The second-order valence-corrected chi connectivity index (χ2v) is 6.74. The predicted octanol–water partition coefficient (Wildman–Crippen LogP) is 5.21. The van der Waals surface area contributed by atoms with Gasteiger partial charge < -0.3 is 15.4 Å². The number of nitrogens with zero attached hydrogens (tertiary/aromatic N) is 2. The lowest BCUT2D eigenvalue weighted by Gasteiger charge is -2.14. The van der Waals surface area contributed by atoms with E-state index in [-0.39, 0.29) is 28.3 Å². The fraction of sp³-hybridized carbons (Fsp3) is 0.158. The molecule has 31 heavy (non-hydrogen) atoms. The van der Waals surface area contributed by atoms with Crippen LogP contribution in [0.4, 0.5) is 37.7 Å². The van der Waals surface area contributed by atoms with E-state index in [1.807, 2.05) is 0 Å². The van der Waals surface area contributed by atoms with E-state index in [1.165, 1.54) is 24.5 Å². The monoisotopic (exact) mass is 460 g/mol. The van der Waals surface area contributed by atoms with E-state index in [1.54, 1.807) is 13.0 Å². The third-order valence-electron chi connectivity index (χ3n) is 4.02. The number of nitrogens with one attached hydrogen (secondary N) is 2. The zero-order chi connectivity index (χ0) is 22.7. The molecule has 0 bridgehead atoms. The summed E-state index contributed by atoms with van der Waals surface area (Å²) in [5.41, 5.74) is 0.451. The molecule has 0 atom stereocenters. The molecule has 0 aliphatic heterocycles. The van der Waals surface area contributed by atoms with E-state index >= 15 is 0 Å². The molecule has 3 aromatic rings. The predicted molar refractivity (Wildman–Crippen MR) is 105 cm³/mol. The lowest BCUT2D eigenvalue weighted by Crippen LogP contribution is -2.19. The van der Waals surface area contributed by atoms with Crippen molar-refractivity contribution in [1.82, 2.24) is 9.78 Å². The van der Waals surface area contributed by atoms with Crippen molar-refractivity contribution in [2.45, 2.75) is 20.1 Å². The van der Waals surface area contributed by atoms with E-state index in [9.17, 15) is 26.3 Å². The summed E-state index contributed by atoms with van der Waals surface area (Å²) in [4.78, 5) is 0. The molecule has 1 heterocycles. The Bertz CT molecular complexity index is 1120. The number of halogens is 6. The highest BCUT2D eigenvalue weighted by Gasteiger charge is 2.19. The fourth-order valence-electron chi connectivity index (χ4n) is 2.64. The average molecular weight is 460 g/mol. The number of benzene rings is 2. The molecule has 2 N–H and O–H groups in total. The number of rotatable bonds is 6. The molecule has 5 nitrogen and oxygen atoms in total. The molecule has 1 aromatic heterocycles. The van der Waals surface area contributed by atoms with Crippen LogP contribution in [0.3, 0.4) is 0 Å². The third kappa shape index (κ3) is 5.45. The zero-order valence-electron chi connectivity index (χ0n) is 15.7. The second-order valence-electron chi connectivity index (χ2n) is 6.33. The summed E-state index contributed by atoms with van der Waals surface area (Å²) in [5, 5.41) is 9.27. The minimum atomic E-state index is -3.03. The molecule has 0 unspecified atom stereocenters. The van der Waals surface area contributed by atoms with Crippen molar-refractivity contribution in [3.63, 3.8) is 0 Å². The van der Waals surface area contributed by atoms with Crippen LogP contribution in [-0.4, -0.2) is 21.5 Å².